The number of carbonyl (C=O) groups excluding carboxylic acids is 1. The lowest BCUT2D eigenvalue weighted by molar-refractivity contribution is -0.137. The number of hydrogen-bond acceptors (Lipinski definition) is 3. The number of hydrogen-bond donors (Lipinski definition) is 1. The van der Waals surface area contributed by atoms with Crippen molar-refractivity contribution in [3.8, 4) is 11.5 Å². The van der Waals surface area contributed by atoms with Crippen LogP contribution >= 0.6 is 0 Å². The Kier molecular flexibility index (Phi) is 6.27. The highest BCUT2D eigenvalue weighted by atomic mass is 19.4. The third-order valence-corrected chi connectivity index (χ3v) is 3.28. The molecule has 0 aromatic heterocycles. The molecule has 1 amide bonds. The van der Waals surface area contributed by atoms with Crippen molar-refractivity contribution in [3.05, 3.63) is 59.7 Å². The lowest BCUT2D eigenvalue weighted by Gasteiger charge is -2.10. The van der Waals surface area contributed by atoms with E-state index < -0.39 is 11.7 Å². The van der Waals surface area contributed by atoms with Gasteiger partial charge in [0.25, 0.3) is 5.91 Å². The molecule has 134 valence electrons. The van der Waals surface area contributed by atoms with Gasteiger partial charge in [0.05, 0.1) is 12.2 Å². The Hall–Kier alpha value is -2.70. The van der Waals surface area contributed by atoms with E-state index in [2.05, 4.69) is 5.32 Å². The van der Waals surface area contributed by atoms with Crippen LogP contribution in [0.15, 0.2) is 48.5 Å². The molecule has 0 radical (unpaired) electrons. The van der Waals surface area contributed by atoms with Crippen LogP contribution in [0.2, 0.25) is 0 Å². The molecule has 2 aromatic rings. The molecule has 0 aliphatic carbocycles. The van der Waals surface area contributed by atoms with E-state index in [4.69, 9.17) is 9.47 Å². The van der Waals surface area contributed by atoms with Crippen molar-refractivity contribution in [1.29, 1.82) is 0 Å². The zero-order valence-electron chi connectivity index (χ0n) is 13.6. The highest BCUT2D eigenvalue weighted by Gasteiger charge is 2.29. The third-order valence-electron chi connectivity index (χ3n) is 3.28. The van der Waals surface area contributed by atoms with E-state index in [1.807, 2.05) is 6.92 Å². The summed E-state index contributed by atoms with van der Waals surface area (Å²) in [6, 6.07) is 11.5. The van der Waals surface area contributed by atoms with Gasteiger partial charge in [-0.25, -0.2) is 0 Å². The molecular formula is C18H18F3NO3. The van der Waals surface area contributed by atoms with Crippen LogP contribution in [0.5, 0.6) is 11.5 Å². The van der Waals surface area contributed by atoms with Crippen LogP contribution in [0.3, 0.4) is 0 Å². The Labute approximate surface area is 143 Å². The Bertz CT molecular complexity index is 682. The van der Waals surface area contributed by atoms with E-state index in [9.17, 15) is 18.0 Å². The van der Waals surface area contributed by atoms with E-state index >= 15 is 0 Å². The molecule has 4 nitrogen and oxygen atoms in total. The smallest absolute Gasteiger partial charge is 0.416 e. The first-order valence-corrected chi connectivity index (χ1v) is 7.67. The summed E-state index contributed by atoms with van der Waals surface area (Å²) in [7, 11) is 0. The molecule has 0 bridgehead atoms. The summed E-state index contributed by atoms with van der Waals surface area (Å²) >= 11 is 0. The molecule has 1 N–H and O–H groups in total. The minimum atomic E-state index is -4.37. The number of rotatable bonds is 7. The van der Waals surface area contributed by atoms with Crippen molar-refractivity contribution in [2.45, 2.75) is 19.6 Å². The Morgan fingerprint density at radius 3 is 2.04 bits per heavy atom. The number of halogens is 3. The molecule has 2 rings (SSSR count). The third kappa shape index (κ3) is 6.02. The van der Waals surface area contributed by atoms with Gasteiger partial charge in [0.2, 0.25) is 0 Å². The van der Waals surface area contributed by atoms with Gasteiger partial charge in [0.1, 0.15) is 11.5 Å². The van der Waals surface area contributed by atoms with Crippen molar-refractivity contribution >= 4 is 5.91 Å². The maximum Gasteiger partial charge on any atom is 0.416 e. The van der Waals surface area contributed by atoms with Crippen molar-refractivity contribution in [2.75, 3.05) is 13.2 Å². The molecule has 0 spiro atoms. The van der Waals surface area contributed by atoms with E-state index in [-0.39, 0.29) is 19.1 Å². The molecule has 0 atom stereocenters. The molecular weight excluding hydrogens is 335 g/mol. The first-order valence-electron chi connectivity index (χ1n) is 7.67. The highest BCUT2D eigenvalue weighted by molar-refractivity contribution is 5.77. The maximum atomic E-state index is 12.5. The second kappa shape index (κ2) is 8.41. The fraction of sp³-hybridized carbons (Fsp3) is 0.278. The minimum Gasteiger partial charge on any atom is -0.494 e. The first kappa shape index (κ1) is 18.6. The fourth-order valence-corrected chi connectivity index (χ4v) is 2.01. The quantitative estimate of drug-likeness (QED) is 0.824. The number of alkyl halides is 3. The van der Waals surface area contributed by atoms with Crippen molar-refractivity contribution in [3.63, 3.8) is 0 Å². The molecule has 0 fully saturated rings. The zero-order valence-corrected chi connectivity index (χ0v) is 13.6. The van der Waals surface area contributed by atoms with E-state index in [1.165, 1.54) is 12.1 Å². The lowest BCUT2D eigenvalue weighted by Crippen LogP contribution is -2.28. The van der Waals surface area contributed by atoms with Gasteiger partial charge in [-0.3, -0.25) is 4.79 Å². The molecule has 0 heterocycles. The minimum absolute atomic E-state index is 0.129. The van der Waals surface area contributed by atoms with Crippen molar-refractivity contribution in [1.82, 2.24) is 5.32 Å². The summed E-state index contributed by atoms with van der Waals surface area (Å²) in [6.45, 7) is 2.39. The largest absolute Gasteiger partial charge is 0.494 e. The lowest BCUT2D eigenvalue weighted by atomic mass is 10.1. The average Bonchev–Trinajstić information content (AvgIpc) is 2.59. The Balaban J connectivity index is 1.77. The highest BCUT2D eigenvalue weighted by Crippen LogP contribution is 2.29. The summed E-state index contributed by atoms with van der Waals surface area (Å²) in [5.74, 6) is 0.864. The molecule has 2 aromatic carbocycles. The van der Waals surface area contributed by atoms with Gasteiger partial charge in [0, 0.05) is 6.54 Å². The molecule has 7 heteroatoms. The molecule has 0 aliphatic rings. The summed E-state index contributed by atoms with van der Waals surface area (Å²) in [4.78, 5) is 11.7. The number of amides is 1. The van der Waals surface area contributed by atoms with Crippen molar-refractivity contribution < 1.29 is 27.4 Å². The standard InChI is InChI=1S/C18H18F3NO3/c1-2-24-15-7-9-16(10-8-15)25-12-17(23)22-11-13-3-5-14(6-4-13)18(19,20)21/h3-10H,2,11-12H2,1H3,(H,22,23). The molecule has 0 saturated heterocycles. The Morgan fingerprint density at radius 2 is 1.52 bits per heavy atom. The summed E-state index contributed by atoms with van der Waals surface area (Å²) in [6.07, 6.45) is -4.37. The van der Waals surface area contributed by atoms with Crippen molar-refractivity contribution in [2.24, 2.45) is 0 Å². The molecule has 0 unspecified atom stereocenters. The number of ether oxygens (including phenoxy) is 2. The van der Waals surface area contributed by atoms with E-state index in [0.717, 1.165) is 12.1 Å². The average molecular weight is 353 g/mol. The number of nitrogens with one attached hydrogen (secondary N) is 1. The summed E-state index contributed by atoms with van der Waals surface area (Å²) in [5.41, 5.74) is -0.149. The number of carbonyl (C=O) groups is 1. The van der Waals surface area contributed by atoms with E-state index in [0.29, 0.717) is 23.7 Å². The molecule has 0 saturated carbocycles. The van der Waals surface area contributed by atoms with Crippen LogP contribution < -0.4 is 14.8 Å². The second-order valence-corrected chi connectivity index (χ2v) is 5.16. The second-order valence-electron chi connectivity index (χ2n) is 5.16. The molecule has 0 aliphatic heterocycles. The van der Waals surface area contributed by atoms with Gasteiger partial charge < -0.3 is 14.8 Å². The monoisotopic (exact) mass is 353 g/mol. The van der Waals surface area contributed by atoms with Crippen LogP contribution in [0.25, 0.3) is 0 Å². The van der Waals surface area contributed by atoms with Crippen LogP contribution in [0, 0.1) is 0 Å². The van der Waals surface area contributed by atoms with Gasteiger partial charge in [-0.1, -0.05) is 12.1 Å². The SMILES string of the molecule is CCOc1ccc(OCC(=O)NCc2ccc(C(F)(F)F)cc2)cc1. The van der Waals surface area contributed by atoms with E-state index in [1.54, 1.807) is 24.3 Å². The number of benzene rings is 2. The topological polar surface area (TPSA) is 47.6 Å². The first-order chi connectivity index (χ1) is 11.9. The predicted molar refractivity (Wildman–Crippen MR) is 86.4 cm³/mol. The van der Waals surface area contributed by atoms with Crippen LogP contribution in [0.4, 0.5) is 13.2 Å². The summed E-state index contributed by atoms with van der Waals surface area (Å²) < 4.78 is 48.0. The fourth-order valence-electron chi connectivity index (χ4n) is 2.01. The summed E-state index contributed by atoms with van der Waals surface area (Å²) in [5, 5.41) is 2.59. The van der Waals surface area contributed by atoms with Gasteiger partial charge in [-0.05, 0) is 48.9 Å². The predicted octanol–water partition coefficient (Wildman–Crippen LogP) is 3.80. The van der Waals surface area contributed by atoms with Gasteiger partial charge in [-0.2, -0.15) is 13.2 Å². The zero-order chi connectivity index (χ0) is 18.3. The van der Waals surface area contributed by atoms with Crippen LogP contribution in [-0.4, -0.2) is 19.1 Å². The van der Waals surface area contributed by atoms with Gasteiger partial charge in [0.15, 0.2) is 6.61 Å². The normalized spacial score (nSPS) is 11.0. The Morgan fingerprint density at radius 1 is 0.960 bits per heavy atom. The maximum absolute atomic E-state index is 12.5. The van der Waals surface area contributed by atoms with Gasteiger partial charge >= 0.3 is 6.18 Å². The molecule has 25 heavy (non-hydrogen) atoms. The van der Waals surface area contributed by atoms with Gasteiger partial charge in [-0.15, -0.1) is 0 Å². The van der Waals surface area contributed by atoms with Crippen LogP contribution in [0.1, 0.15) is 18.1 Å². The van der Waals surface area contributed by atoms with Crippen LogP contribution in [-0.2, 0) is 17.5 Å².